The summed E-state index contributed by atoms with van der Waals surface area (Å²) in [5, 5.41) is 3.11. The molecular weight excluding hydrogens is 242 g/mol. The highest BCUT2D eigenvalue weighted by Gasteiger charge is 2.13. The number of benzene rings is 1. The van der Waals surface area contributed by atoms with Crippen molar-refractivity contribution >= 4 is 16.4 Å². The molecule has 0 radical (unpaired) electrons. The molecule has 6 heteroatoms. The second-order valence-electron chi connectivity index (χ2n) is 3.09. The normalized spacial score (nSPS) is 10.3. The maximum absolute atomic E-state index is 10.6. The zero-order valence-corrected chi connectivity index (χ0v) is 10.7. The monoisotopic (exact) mass is 259 g/mol. The Hall–Kier alpha value is -1.24. The molecule has 0 aliphatic heterocycles. The Balaban J connectivity index is 0.000000437. The number of nitrogens with one attached hydrogen (secondary N) is 1. The van der Waals surface area contributed by atoms with Gasteiger partial charge in [0, 0.05) is 5.56 Å². The van der Waals surface area contributed by atoms with Gasteiger partial charge in [-0.15, -0.1) is 0 Å². The molecule has 0 aromatic heterocycles. The number of rotatable bonds is 4. The van der Waals surface area contributed by atoms with E-state index in [1.165, 1.54) is 24.3 Å². The molecule has 2 N–H and O–H groups in total. The van der Waals surface area contributed by atoms with E-state index in [4.69, 9.17) is 4.55 Å². The second kappa shape index (κ2) is 7.94. The van der Waals surface area contributed by atoms with Gasteiger partial charge >= 0.3 is 0 Å². The van der Waals surface area contributed by atoms with Crippen LogP contribution in [0.1, 0.15) is 24.2 Å². The van der Waals surface area contributed by atoms with Crippen LogP contribution in [0.3, 0.4) is 0 Å². The largest absolute Gasteiger partial charge is 0.317 e. The van der Waals surface area contributed by atoms with Crippen molar-refractivity contribution in [1.82, 2.24) is 5.32 Å². The van der Waals surface area contributed by atoms with Crippen molar-refractivity contribution in [3.8, 4) is 0 Å². The molecular formula is C11H17NO4S. The van der Waals surface area contributed by atoms with E-state index in [0.717, 1.165) is 13.1 Å². The molecule has 0 fully saturated rings. The molecule has 1 aromatic carbocycles. The lowest BCUT2D eigenvalue weighted by Gasteiger charge is -1.98. The summed E-state index contributed by atoms with van der Waals surface area (Å²) in [6.45, 7) is 6.39. The third-order valence-corrected chi connectivity index (χ3v) is 2.75. The van der Waals surface area contributed by atoms with Crippen LogP contribution < -0.4 is 5.32 Å². The van der Waals surface area contributed by atoms with Crippen molar-refractivity contribution < 1.29 is 17.8 Å². The molecule has 0 amide bonds. The molecule has 0 saturated heterocycles. The van der Waals surface area contributed by atoms with E-state index in [2.05, 4.69) is 19.2 Å². The van der Waals surface area contributed by atoms with Gasteiger partial charge in [0.2, 0.25) is 0 Å². The van der Waals surface area contributed by atoms with Gasteiger partial charge in [-0.05, 0) is 19.2 Å². The van der Waals surface area contributed by atoms with E-state index in [0.29, 0.717) is 6.29 Å². The van der Waals surface area contributed by atoms with Gasteiger partial charge in [-0.1, -0.05) is 32.0 Å². The summed E-state index contributed by atoms with van der Waals surface area (Å²) in [4.78, 5) is 9.94. The molecule has 0 bridgehead atoms. The predicted octanol–water partition coefficient (Wildman–Crippen LogP) is 1.36. The molecule has 0 atom stereocenters. The maximum Gasteiger partial charge on any atom is 0.295 e. The van der Waals surface area contributed by atoms with Crippen LogP contribution in [0.5, 0.6) is 0 Å². The summed E-state index contributed by atoms with van der Waals surface area (Å²) in [7, 11) is -4.28. The maximum atomic E-state index is 10.6. The number of carbonyl (C=O) groups excluding carboxylic acids is 1. The third kappa shape index (κ3) is 6.15. The van der Waals surface area contributed by atoms with Crippen LogP contribution in [-0.4, -0.2) is 32.3 Å². The topological polar surface area (TPSA) is 83.5 Å². The molecule has 17 heavy (non-hydrogen) atoms. The van der Waals surface area contributed by atoms with Crippen LogP contribution >= 0.6 is 0 Å². The Bertz CT molecular complexity index is 441. The van der Waals surface area contributed by atoms with Crippen molar-refractivity contribution in [3.63, 3.8) is 0 Å². The molecule has 0 aliphatic rings. The minimum absolute atomic E-state index is 0.0417. The van der Waals surface area contributed by atoms with Crippen LogP contribution in [0.2, 0.25) is 0 Å². The van der Waals surface area contributed by atoms with E-state index in [9.17, 15) is 13.2 Å². The fourth-order valence-electron chi connectivity index (χ4n) is 1.06. The predicted molar refractivity (Wildman–Crippen MR) is 65.9 cm³/mol. The smallest absolute Gasteiger partial charge is 0.295 e. The third-order valence-electron chi connectivity index (χ3n) is 1.82. The average Bonchev–Trinajstić information content (AvgIpc) is 2.30. The van der Waals surface area contributed by atoms with E-state index in [1.807, 2.05) is 0 Å². The molecule has 0 heterocycles. The number of hydrogen-bond acceptors (Lipinski definition) is 4. The molecule has 0 saturated carbocycles. The second-order valence-corrected chi connectivity index (χ2v) is 4.48. The molecule has 5 nitrogen and oxygen atoms in total. The minimum Gasteiger partial charge on any atom is -0.317 e. The first kappa shape index (κ1) is 15.8. The quantitative estimate of drug-likeness (QED) is 0.630. The Kier molecular flexibility index (Phi) is 7.36. The van der Waals surface area contributed by atoms with Gasteiger partial charge in [0.15, 0.2) is 6.29 Å². The van der Waals surface area contributed by atoms with Crippen molar-refractivity contribution in [2.75, 3.05) is 13.1 Å². The summed E-state index contributed by atoms with van der Waals surface area (Å²) in [5.74, 6) is 0. The first-order chi connectivity index (χ1) is 7.97. The first-order valence-electron chi connectivity index (χ1n) is 5.19. The van der Waals surface area contributed by atoms with Crippen LogP contribution in [0, 0.1) is 0 Å². The Labute approximate surface area is 102 Å². The zero-order chi connectivity index (χ0) is 13.3. The van der Waals surface area contributed by atoms with Gasteiger partial charge in [-0.25, -0.2) is 0 Å². The highest BCUT2D eigenvalue weighted by molar-refractivity contribution is 7.86. The van der Waals surface area contributed by atoms with Gasteiger partial charge in [0.1, 0.15) is 4.90 Å². The summed E-state index contributed by atoms with van der Waals surface area (Å²) in [6.07, 6.45) is 0.378. The fourth-order valence-corrected chi connectivity index (χ4v) is 1.73. The zero-order valence-electron chi connectivity index (χ0n) is 9.88. The lowest BCUT2D eigenvalue weighted by molar-refractivity contribution is 0.112. The molecule has 1 rings (SSSR count). The Morgan fingerprint density at radius 3 is 2.06 bits per heavy atom. The summed E-state index contributed by atoms with van der Waals surface area (Å²) < 4.78 is 29.8. The lowest BCUT2D eigenvalue weighted by atomic mass is 10.2. The van der Waals surface area contributed by atoms with Gasteiger partial charge in [0.05, 0.1) is 0 Å². The first-order valence-corrected chi connectivity index (χ1v) is 6.63. The van der Waals surface area contributed by atoms with E-state index in [1.54, 1.807) is 0 Å². The standard InChI is InChI=1S/C7H6O4S.C4H11N/c8-5-6-3-1-2-4-7(6)12(9,10)11;1-3-5-4-2/h1-5H,(H,9,10,11);5H,3-4H2,1-2H3. The van der Waals surface area contributed by atoms with Crippen LogP contribution in [0.25, 0.3) is 0 Å². The van der Waals surface area contributed by atoms with Gasteiger partial charge in [-0.2, -0.15) is 8.42 Å². The molecule has 0 aliphatic carbocycles. The number of aldehydes is 1. The van der Waals surface area contributed by atoms with Crippen LogP contribution in [-0.2, 0) is 10.1 Å². The molecule has 1 aromatic rings. The minimum atomic E-state index is -4.28. The van der Waals surface area contributed by atoms with E-state index in [-0.39, 0.29) is 10.5 Å². The van der Waals surface area contributed by atoms with Gasteiger partial charge in [0.25, 0.3) is 10.1 Å². The van der Waals surface area contributed by atoms with Gasteiger partial charge < -0.3 is 5.32 Å². The van der Waals surface area contributed by atoms with E-state index >= 15 is 0 Å². The van der Waals surface area contributed by atoms with Crippen molar-refractivity contribution in [2.45, 2.75) is 18.7 Å². The summed E-state index contributed by atoms with van der Waals surface area (Å²) in [5.41, 5.74) is -0.0417. The van der Waals surface area contributed by atoms with Crippen molar-refractivity contribution in [3.05, 3.63) is 29.8 Å². The number of hydrogen-bond donors (Lipinski definition) is 2. The fraction of sp³-hybridized carbons (Fsp3) is 0.364. The Morgan fingerprint density at radius 1 is 1.24 bits per heavy atom. The number of carbonyl (C=O) groups is 1. The average molecular weight is 259 g/mol. The van der Waals surface area contributed by atoms with E-state index < -0.39 is 10.1 Å². The molecule has 0 spiro atoms. The van der Waals surface area contributed by atoms with Crippen LogP contribution in [0.15, 0.2) is 29.2 Å². The van der Waals surface area contributed by atoms with Crippen molar-refractivity contribution in [2.24, 2.45) is 0 Å². The van der Waals surface area contributed by atoms with Crippen LogP contribution in [0.4, 0.5) is 0 Å². The van der Waals surface area contributed by atoms with Crippen molar-refractivity contribution in [1.29, 1.82) is 0 Å². The SMILES string of the molecule is CCNCC.O=Cc1ccccc1S(=O)(=O)O. The highest BCUT2D eigenvalue weighted by Crippen LogP contribution is 2.12. The highest BCUT2D eigenvalue weighted by atomic mass is 32.2. The molecule has 96 valence electrons. The summed E-state index contributed by atoms with van der Waals surface area (Å²) >= 11 is 0. The Morgan fingerprint density at radius 2 is 1.76 bits per heavy atom. The van der Waals surface area contributed by atoms with Gasteiger partial charge in [-0.3, -0.25) is 9.35 Å². The molecule has 0 unspecified atom stereocenters. The lowest BCUT2D eigenvalue weighted by Crippen LogP contribution is -2.09. The summed E-state index contributed by atoms with van der Waals surface area (Å²) in [6, 6.07) is 5.42.